The van der Waals surface area contributed by atoms with Crippen molar-refractivity contribution in [2.45, 2.75) is 0 Å². The lowest BCUT2D eigenvalue weighted by molar-refractivity contribution is 1.36. The Labute approximate surface area is 113 Å². The van der Waals surface area contributed by atoms with E-state index < -0.39 is 0 Å². The smallest absolute Gasteiger partial charge is 0.127 e. The SMILES string of the molecule is C#Cc1csc(-c2c(Cl)cnc3ccccc23)n1. The Morgan fingerprint density at radius 3 is 2.89 bits per heavy atom. The van der Waals surface area contributed by atoms with Gasteiger partial charge in [0.15, 0.2) is 0 Å². The van der Waals surface area contributed by atoms with Gasteiger partial charge < -0.3 is 0 Å². The van der Waals surface area contributed by atoms with Gasteiger partial charge in [0.2, 0.25) is 0 Å². The van der Waals surface area contributed by atoms with Crippen molar-refractivity contribution in [2.75, 3.05) is 0 Å². The summed E-state index contributed by atoms with van der Waals surface area (Å²) in [5.41, 5.74) is 2.43. The average molecular weight is 271 g/mol. The minimum absolute atomic E-state index is 0.589. The van der Waals surface area contributed by atoms with E-state index in [1.54, 1.807) is 6.20 Å². The lowest BCUT2D eigenvalue weighted by atomic mass is 10.1. The second-order valence-corrected chi connectivity index (χ2v) is 4.95. The molecule has 1 aromatic carbocycles. The molecule has 0 saturated carbocycles. The second-order valence-electron chi connectivity index (χ2n) is 3.68. The fourth-order valence-corrected chi connectivity index (χ4v) is 2.92. The first-order valence-electron chi connectivity index (χ1n) is 5.25. The van der Waals surface area contributed by atoms with E-state index in [0.717, 1.165) is 21.5 Å². The van der Waals surface area contributed by atoms with Crippen molar-refractivity contribution in [3.63, 3.8) is 0 Å². The number of hydrogen-bond donors (Lipinski definition) is 0. The lowest BCUT2D eigenvalue weighted by Gasteiger charge is -2.05. The average Bonchev–Trinajstić information content (AvgIpc) is 2.87. The Kier molecular flexibility index (Phi) is 2.75. The largest absolute Gasteiger partial charge is 0.255 e. The molecule has 86 valence electrons. The summed E-state index contributed by atoms with van der Waals surface area (Å²) in [4.78, 5) is 8.68. The molecule has 0 aliphatic heterocycles. The molecule has 18 heavy (non-hydrogen) atoms. The number of fused-ring (bicyclic) bond motifs is 1. The monoisotopic (exact) mass is 270 g/mol. The van der Waals surface area contributed by atoms with Crippen LogP contribution in [0.5, 0.6) is 0 Å². The molecule has 0 radical (unpaired) electrons. The van der Waals surface area contributed by atoms with Crippen LogP contribution in [-0.2, 0) is 0 Å². The highest BCUT2D eigenvalue weighted by Crippen LogP contribution is 2.35. The maximum absolute atomic E-state index is 6.24. The van der Waals surface area contributed by atoms with Crippen LogP contribution in [-0.4, -0.2) is 9.97 Å². The standard InChI is InChI=1S/C14H7ClN2S/c1-2-9-8-18-14(17-9)13-10-5-3-4-6-12(10)16-7-11(13)15/h1,3-8H. The third-order valence-corrected chi connectivity index (χ3v) is 3.74. The first kappa shape index (κ1) is 11.2. The molecule has 0 fully saturated rings. The van der Waals surface area contributed by atoms with Crippen molar-refractivity contribution in [2.24, 2.45) is 0 Å². The van der Waals surface area contributed by atoms with Crippen LogP contribution in [0.2, 0.25) is 5.02 Å². The lowest BCUT2D eigenvalue weighted by Crippen LogP contribution is -1.86. The van der Waals surface area contributed by atoms with Gasteiger partial charge in [-0.15, -0.1) is 17.8 Å². The minimum Gasteiger partial charge on any atom is -0.255 e. The number of pyridine rings is 1. The summed E-state index contributed by atoms with van der Waals surface area (Å²) in [7, 11) is 0. The Balaban J connectivity index is 2.34. The predicted molar refractivity (Wildman–Crippen MR) is 75.8 cm³/mol. The van der Waals surface area contributed by atoms with E-state index in [0.29, 0.717) is 10.7 Å². The molecule has 2 heterocycles. The summed E-state index contributed by atoms with van der Waals surface area (Å²) >= 11 is 7.73. The molecule has 0 unspecified atom stereocenters. The summed E-state index contributed by atoms with van der Waals surface area (Å²) < 4.78 is 0. The van der Waals surface area contributed by atoms with E-state index >= 15 is 0 Å². The maximum Gasteiger partial charge on any atom is 0.127 e. The quantitative estimate of drug-likeness (QED) is 0.625. The number of benzene rings is 1. The molecule has 4 heteroatoms. The van der Waals surface area contributed by atoms with Crippen molar-refractivity contribution >= 4 is 33.8 Å². The predicted octanol–water partition coefficient (Wildman–Crippen LogP) is 3.99. The molecule has 0 spiro atoms. The van der Waals surface area contributed by atoms with Gasteiger partial charge in [0.25, 0.3) is 0 Å². The minimum atomic E-state index is 0.589. The van der Waals surface area contributed by atoms with Crippen molar-refractivity contribution in [3.05, 3.63) is 46.6 Å². The van der Waals surface area contributed by atoms with Crippen LogP contribution < -0.4 is 0 Å². The van der Waals surface area contributed by atoms with Crippen LogP contribution in [0, 0.1) is 12.3 Å². The van der Waals surface area contributed by atoms with Crippen LogP contribution >= 0.6 is 22.9 Å². The highest BCUT2D eigenvalue weighted by Gasteiger charge is 2.12. The maximum atomic E-state index is 6.24. The zero-order chi connectivity index (χ0) is 12.5. The van der Waals surface area contributed by atoms with Gasteiger partial charge in [-0.2, -0.15) is 0 Å². The molecule has 3 rings (SSSR count). The van der Waals surface area contributed by atoms with Gasteiger partial charge in [0.1, 0.15) is 10.7 Å². The normalized spacial score (nSPS) is 10.4. The Bertz CT molecular complexity index is 771. The third-order valence-electron chi connectivity index (χ3n) is 2.60. The molecular formula is C14H7ClN2S. The van der Waals surface area contributed by atoms with Gasteiger partial charge in [-0.05, 0) is 12.0 Å². The molecule has 2 nitrogen and oxygen atoms in total. The molecule has 0 bridgehead atoms. The van der Waals surface area contributed by atoms with Crippen molar-refractivity contribution in [1.82, 2.24) is 9.97 Å². The summed E-state index contributed by atoms with van der Waals surface area (Å²) in [6.45, 7) is 0. The Hall–Kier alpha value is -1.89. The van der Waals surface area contributed by atoms with Gasteiger partial charge in [-0.25, -0.2) is 4.98 Å². The van der Waals surface area contributed by atoms with E-state index in [1.807, 2.05) is 29.6 Å². The molecule has 0 aliphatic carbocycles. The number of terminal acetylenes is 1. The molecule has 0 atom stereocenters. The van der Waals surface area contributed by atoms with E-state index in [4.69, 9.17) is 18.0 Å². The number of halogens is 1. The number of thiazole rings is 1. The highest BCUT2D eigenvalue weighted by atomic mass is 35.5. The fourth-order valence-electron chi connectivity index (χ4n) is 1.79. The molecular weight excluding hydrogens is 264 g/mol. The van der Waals surface area contributed by atoms with Gasteiger partial charge in [0.05, 0.1) is 10.5 Å². The van der Waals surface area contributed by atoms with Crippen LogP contribution in [0.4, 0.5) is 0 Å². The first-order chi connectivity index (χ1) is 8.79. The van der Waals surface area contributed by atoms with Gasteiger partial charge in [-0.3, -0.25) is 4.98 Å². The number of nitrogens with zero attached hydrogens (tertiary/aromatic N) is 2. The number of para-hydroxylation sites is 1. The van der Waals surface area contributed by atoms with Crippen LogP contribution in [0.25, 0.3) is 21.5 Å². The highest BCUT2D eigenvalue weighted by molar-refractivity contribution is 7.13. The summed E-state index contributed by atoms with van der Waals surface area (Å²) in [6, 6.07) is 7.84. The van der Waals surface area contributed by atoms with E-state index in [1.165, 1.54) is 11.3 Å². The molecule has 0 amide bonds. The van der Waals surface area contributed by atoms with Crippen LogP contribution in [0.15, 0.2) is 35.8 Å². The molecule has 0 aliphatic rings. The first-order valence-corrected chi connectivity index (χ1v) is 6.51. The fraction of sp³-hybridized carbons (Fsp3) is 0. The topological polar surface area (TPSA) is 25.8 Å². The van der Waals surface area contributed by atoms with Gasteiger partial charge in [0, 0.05) is 22.5 Å². The van der Waals surface area contributed by atoms with Crippen LogP contribution in [0.1, 0.15) is 5.69 Å². The molecule has 0 saturated heterocycles. The van der Waals surface area contributed by atoms with Gasteiger partial charge in [-0.1, -0.05) is 29.8 Å². The zero-order valence-corrected chi connectivity index (χ0v) is 10.8. The molecule has 3 aromatic rings. The summed E-state index contributed by atoms with van der Waals surface area (Å²) in [5, 5.41) is 4.25. The van der Waals surface area contributed by atoms with Crippen molar-refractivity contribution in [1.29, 1.82) is 0 Å². The van der Waals surface area contributed by atoms with Gasteiger partial charge >= 0.3 is 0 Å². The second kappa shape index (κ2) is 4.41. The number of hydrogen-bond acceptors (Lipinski definition) is 3. The van der Waals surface area contributed by atoms with E-state index in [9.17, 15) is 0 Å². The zero-order valence-electron chi connectivity index (χ0n) is 9.22. The Morgan fingerprint density at radius 1 is 1.28 bits per heavy atom. The number of rotatable bonds is 1. The molecule has 2 aromatic heterocycles. The van der Waals surface area contributed by atoms with Crippen molar-refractivity contribution in [3.8, 4) is 22.9 Å². The van der Waals surface area contributed by atoms with E-state index in [2.05, 4.69) is 15.9 Å². The van der Waals surface area contributed by atoms with E-state index in [-0.39, 0.29) is 0 Å². The van der Waals surface area contributed by atoms with Crippen LogP contribution in [0.3, 0.4) is 0 Å². The number of aromatic nitrogens is 2. The summed E-state index contributed by atoms with van der Waals surface area (Å²) in [6.07, 6.45) is 6.99. The van der Waals surface area contributed by atoms with Crippen molar-refractivity contribution < 1.29 is 0 Å². The Morgan fingerprint density at radius 2 is 2.11 bits per heavy atom. The third kappa shape index (κ3) is 1.76. The molecule has 0 N–H and O–H groups in total. The summed E-state index contributed by atoms with van der Waals surface area (Å²) in [5.74, 6) is 2.53.